The van der Waals surface area contributed by atoms with E-state index in [0.29, 0.717) is 5.56 Å². The maximum absolute atomic E-state index is 12.3. The van der Waals surface area contributed by atoms with Crippen molar-refractivity contribution in [3.63, 3.8) is 0 Å². The molecular formula is C18H22N2O3S. The van der Waals surface area contributed by atoms with Crippen LogP contribution in [-0.4, -0.2) is 27.4 Å². The third kappa shape index (κ3) is 4.91. The summed E-state index contributed by atoms with van der Waals surface area (Å²) in [4.78, 5) is 12.4. The highest BCUT2D eigenvalue weighted by Crippen LogP contribution is 2.12. The molecule has 6 heteroatoms. The van der Waals surface area contributed by atoms with E-state index < -0.39 is 10.0 Å². The van der Waals surface area contributed by atoms with Gasteiger partial charge in [-0.1, -0.05) is 36.4 Å². The van der Waals surface area contributed by atoms with Gasteiger partial charge in [-0.05, 0) is 50.6 Å². The molecule has 0 bridgehead atoms. The number of rotatable bonds is 7. The highest BCUT2D eigenvalue weighted by molar-refractivity contribution is 7.89. The molecule has 0 aromatic heterocycles. The molecule has 0 saturated carbocycles. The Morgan fingerprint density at radius 3 is 2.46 bits per heavy atom. The summed E-state index contributed by atoms with van der Waals surface area (Å²) in [6.07, 6.45) is 1.68. The smallest absolute Gasteiger partial charge is 0.251 e. The standard InChI is InChI=1S/C18H22N2O3S/c1-14(11-12-15-7-4-3-5-8-15)20-18(21)16-9-6-10-17(13-16)24(22,23)19-2/h3-10,13-14,19H,11-12H2,1-2H3,(H,20,21)/t14-/m0/s1. The largest absolute Gasteiger partial charge is 0.350 e. The van der Waals surface area contributed by atoms with E-state index in [-0.39, 0.29) is 16.8 Å². The first-order valence-electron chi connectivity index (χ1n) is 7.81. The Balaban J connectivity index is 1.98. The second-order valence-electron chi connectivity index (χ2n) is 5.63. The predicted molar refractivity (Wildman–Crippen MR) is 94.4 cm³/mol. The minimum Gasteiger partial charge on any atom is -0.350 e. The lowest BCUT2D eigenvalue weighted by atomic mass is 10.1. The molecule has 24 heavy (non-hydrogen) atoms. The van der Waals surface area contributed by atoms with Crippen LogP contribution in [0.1, 0.15) is 29.3 Å². The molecule has 2 N–H and O–H groups in total. The van der Waals surface area contributed by atoms with Crippen molar-refractivity contribution in [3.05, 3.63) is 65.7 Å². The van der Waals surface area contributed by atoms with Gasteiger partial charge in [-0.3, -0.25) is 4.79 Å². The van der Waals surface area contributed by atoms with Crippen LogP contribution in [0.3, 0.4) is 0 Å². The molecule has 0 aliphatic rings. The lowest BCUT2D eigenvalue weighted by Gasteiger charge is -2.14. The number of nitrogens with one attached hydrogen (secondary N) is 2. The fourth-order valence-corrected chi connectivity index (χ4v) is 3.11. The Morgan fingerprint density at radius 2 is 1.79 bits per heavy atom. The second kappa shape index (κ2) is 8.08. The van der Waals surface area contributed by atoms with Gasteiger partial charge in [0.05, 0.1) is 4.90 Å². The molecular weight excluding hydrogens is 324 g/mol. The minimum atomic E-state index is -3.56. The van der Waals surface area contributed by atoms with E-state index in [1.165, 1.54) is 24.7 Å². The van der Waals surface area contributed by atoms with Crippen LogP contribution in [0.4, 0.5) is 0 Å². The third-order valence-electron chi connectivity index (χ3n) is 3.76. The number of benzene rings is 2. The normalized spacial score (nSPS) is 12.6. The van der Waals surface area contributed by atoms with Crippen molar-refractivity contribution in [3.8, 4) is 0 Å². The number of hydrogen-bond acceptors (Lipinski definition) is 3. The van der Waals surface area contributed by atoms with Gasteiger partial charge in [-0.15, -0.1) is 0 Å². The van der Waals surface area contributed by atoms with Crippen LogP contribution >= 0.6 is 0 Å². The van der Waals surface area contributed by atoms with Crippen molar-refractivity contribution in [1.29, 1.82) is 0 Å². The first-order chi connectivity index (χ1) is 11.4. The van der Waals surface area contributed by atoms with Gasteiger partial charge in [0, 0.05) is 11.6 Å². The summed E-state index contributed by atoms with van der Waals surface area (Å²) in [6, 6.07) is 16.1. The highest BCUT2D eigenvalue weighted by atomic mass is 32.2. The SMILES string of the molecule is CNS(=O)(=O)c1cccc(C(=O)N[C@@H](C)CCc2ccccc2)c1. The van der Waals surface area contributed by atoms with Crippen LogP contribution in [0, 0.1) is 0 Å². The lowest BCUT2D eigenvalue weighted by Crippen LogP contribution is -2.33. The van der Waals surface area contributed by atoms with Gasteiger partial charge >= 0.3 is 0 Å². The predicted octanol–water partition coefficient (Wildman–Crippen LogP) is 2.35. The number of sulfonamides is 1. The zero-order valence-corrected chi connectivity index (χ0v) is 14.6. The Hall–Kier alpha value is -2.18. The Labute approximate surface area is 143 Å². The average molecular weight is 346 g/mol. The Bertz CT molecular complexity index is 789. The molecule has 0 aliphatic carbocycles. The minimum absolute atomic E-state index is 0.0118. The number of carbonyl (C=O) groups is 1. The van der Waals surface area contributed by atoms with Crippen LogP contribution in [0.5, 0.6) is 0 Å². The summed E-state index contributed by atoms with van der Waals surface area (Å²) in [5, 5.41) is 2.91. The quantitative estimate of drug-likeness (QED) is 0.808. The molecule has 0 saturated heterocycles. The van der Waals surface area contributed by atoms with Crippen LogP contribution in [0.15, 0.2) is 59.5 Å². The van der Waals surface area contributed by atoms with E-state index in [9.17, 15) is 13.2 Å². The van der Waals surface area contributed by atoms with Crippen molar-refractivity contribution >= 4 is 15.9 Å². The molecule has 0 spiro atoms. The van der Waals surface area contributed by atoms with Gasteiger partial charge in [0.1, 0.15) is 0 Å². The number of carbonyl (C=O) groups excluding carboxylic acids is 1. The van der Waals surface area contributed by atoms with E-state index in [1.54, 1.807) is 12.1 Å². The molecule has 0 heterocycles. The molecule has 5 nitrogen and oxygen atoms in total. The Morgan fingerprint density at radius 1 is 1.08 bits per heavy atom. The Kier molecular flexibility index (Phi) is 6.11. The van der Waals surface area contributed by atoms with Crippen LogP contribution in [-0.2, 0) is 16.4 Å². The number of aryl methyl sites for hydroxylation is 1. The fraction of sp³-hybridized carbons (Fsp3) is 0.278. The first kappa shape index (κ1) is 18.2. The van der Waals surface area contributed by atoms with Crippen molar-refractivity contribution in [2.75, 3.05) is 7.05 Å². The maximum atomic E-state index is 12.3. The van der Waals surface area contributed by atoms with E-state index in [4.69, 9.17) is 0 Å². The number of amides is 1. The van der Waals surface area contributed by atoms with Gasteiger partial charge < -0.3 is 5.32 Å². The van der Waals surface area contributed by atoms with Gasteiger partial charge in [0.2, 0.25) is 10.0 Å². The molecule has 1 amide bonds. The number of hydrogen-bond donors (Lipinski definition) is 2. The summed E-state index contributed by atoms with van der Waals surface area (Å²) in [5.41, 5.74) is 1.55. The van der Waals surface area contributed by atoms with Crippen molar-refractivity contribution in [2.45, 2.75) is 30.7 Å². The second-order valence-corrected chi connectivity index (χ2v) is 7.52. The van der Waals surface area contributed by atoms with Gasteiger partial charge in [0.15, 0.2) is 0 Å². The topological polar surface area (TPSA) is 75.3 Å². The molecule has 1 atom stereocenters. The van der Waals surface area contributed by atoms with E-state index in [1.807, 2.05) is 25.1 Å². The summed E-state index contributed by atoms with van der Waals surface area (Å²) in [6.45, 7) is 1.94. The molecule has 2 rings (SSSR count). The zero-order valence-electron chi connectivity index (χ0n) is 13.8. The highest BCUT2D eigenvalue weighted by Gasteiger charge is 2.15. The zero-order chi connectivity index (χ0) is 17.6. The lowest BCUT2D eigenvalue weighted by molar-refractivity contribution is 0.0938. The maximum Gasteiger partial charge on any atom is 0.251 e. The van der Waals surface area contributed by atoms with Gasteiger partial charge in [-0.2, -0.15) is 0 Å². The van der Waals surface area contributed by atoms with Crippen LogP contribution in [0.2, 0.25) is 0 Å². The molecule has 0 unspecified atom stereocenters. The molecule has 0 radical (unpaired) electrons. The van der Waals surface area contributed by atoms with Crippen molar-refractivity contribution in [2.24, 2.45) is 0 Å². The van der Waals surface area contributed by atoms with Crippen molar-refractivity contribution in [1.82, 2.24) is 10.0 Å². The third-order valence-corrected chi connectivity index (χ3v) is 5.17. The fourth-order valence-electron chi connectivity index (χ4n) is 2.33. The van der Waals surface area contributed by atoms with Gasteiger partial charge in [0.25, 0.3) is 5.91 Å². The van der Waals surface area contributed by atoms with Crippen molar-refractivity contribution < 1.29 is 13.2 Å². The molecule has 0 aliphatic heterocycles. The van der Waals surface area contributed by atoms with E-state index >= 15 is 0 Å². The summed E-state index contributed by atoms with van der Waals surface area (Å²) in [7, 11) is -2.22. The monoisotopic (exact) mass is 346 g/mol. The molecule has 128 valence electrons. The summed E-state index contributed by atoms with van der Waals surface area (Å²) in [5.74, 6) is -0.274. The van der Waals surface area contributed by atoms with Crippen LogP contribution < -0.4 is 10.0 Å². The summed E-state index contributed by atoms with van der Waals surface area (Å²) >= 11 is 0. The first-order valence-corrected chi connectivity index (χ1v) is 9.29. The molecule has 0 fully saturated rings. The molecule has 2 aromatic carbocycles. The average Bonchev–Trinajstić information content (AvgIpc) is 2.61. The van der Waals surface area contributed by atoms with Crippen LogP contribution in [0.25, 0.3) is 0 Å². The van der Waals surface area contributed by atoms with Gasteiger partial charge in [-0.25, -0.2) is 13.1 Å². The molecule has 2 aromatic rings. The summed E-state index contributed by atoms with van der Waals surface area (Å²) < 4.78 is 25.9. The van der Waals surface area contributed by atoms with E-state index in [2.05, 4.69) is 22.2 Å². The van der Waals surface area contributed by atoms with E-state index in [0.717, 1.165) is 12.8 Å².